The maximum atomic E-state index is 13.2. The first-order valence-electron chi connectivity index (χ1n) is 12.3. The van der Waals surface area contributed by atoms with Crippen LogP contribution in [0, 0.1) is 0 Å². The summed E-state index contributed by atoms with van der Waals surface area (Å²) < 4.78 is 5.42. The number of benzene rings is 2. The average Bonchev–Trinajstić information content (AvgIpc) is 2.87. The molecule has 2 heterocycles. The predicted molar refractivity (Wildman–Crippen MR) is 139 cm³/mol. The van der Waals surface area contributed by atoms with Gasteiger partial charge in [0.25, 0.3) is 0 Å². The van der Waals surface area contributed by atoms with Crippen molar-refractivity contribution in [3.8, 4) is 5.75 Å². The highest BCUT2D eigenvalue weighted by Crippen LogP contribution is 2.20. The van der Waals surface area contributed by atoms with Crippen molar-refractivity contribution in [3.63, 3.8) is 0 Å². The van der Waals surface area contributed by atoms with Gasteiger partial charge in [-0.3, -0.25) is 19.3 Å². The van der Waals surface area contributed by atoms with Crippen molar-refractivity contribution in [1.29, 1.82) is 0 Å². The summed E-state index contributed by atoms with van der Waals surface area (Å²) in [5.74, 6) is -0.0452. The molecule has 0 radical (unpaired) electrons. The molecule has 36 heavy (non-hydrogen) atoms. The van der Waals surface area contributed by atoms with Crippen LogP contribution >= 0.6 is 11.6 Å². The van der Waals surface area contributed by atoms with Crippen molar-refractivity contribution < 1.29 is 19.1 Å². The molecule has 0 bridgehead atoms. The molecule has 2 aromatic carbocycles. The van der Waals surface area contributed by atoms with Gasteiger partial charge >= 0.3 is 0 Å². The third kappa shape index (κ3) is 6.67. The van der Waals surface area contributed by atoms with Crippen LogP contribution in [-0.2, 0) is 14.4 Å². The number of carbonyl (C=O) groups is 3. The summed E-state index contributed by atoms with van der Waals surface area (Å²) in [6.07, 6.45) is -0.102. The molecule has 1 atom stereocenters. The van der Waals surface area contributed by atoms with E-state index in [1.807, 2.05) is 31.2 Å². The molecular formula is C26H32ClN5O4. The third-order valence-corrected chi connectivity index (χ3v) is 6.65. The Morgan fingerprint density at radius 3 is 2.39 bits per heavy atom. The van der Waals surface area contributed by atoms with Gasteiger partial charge in [0.1, 0.15) is 11.8 Å². The molecule has 2 N–H and O–H groups in total. The minimum atomic E-state index is -0.829. The number of nitrogens with one attached hydrogen (secondary N) is 2. The number of amides is 3. The van der Waals surface area contributed by atoms with Crippen molar-refractivity contribution in [2.45, 2.75) is 19.4 Å². The molecule has 2 aliphatic heterocycles. The van der Waals surface area contributed by atoms with Gasteiger partial charge in [-0.15, -0.1) is 0 Å². The molecule has 10 heteroatoms. The largest absolute Gasteiger partial charge is 0.494 e. The number of nitrogens with zero attached hydrogens (tertiary/aromatic N) is 3. The van der Waals surface area contributed by atoms with Crippen molar-refractivity contribution in [3.05, 3.63) is 53.6 Å². The Morgan fingerprint density at radius 1 is 1.03 bits per heavy atom. The summed E-state index contributed by atoms with van der Waals surface area (Å²) in [7, 11) is 0. The first kappa shape index (κ1) is 25.8. The van der Waals surface area contributed by atoms with Gasteiger partial charge in [-0.05, 0) is 55.5 Å². The predicted octanol–water partition coefficient (Wildman–Crippen LogP) is 2.22. The molecule has 0 aromatic heterocycles. The monoisotopic (exact) mass is 513 g/mol. The highest BCUT2D eigenvalue weighted by Gasteiger charge is 2.35. The first-order chi connectivity index (χ1) is 17.4. The van der Waals surface area contributed by atoms with Gasteiger partial charge in [0.2, 0.25) is 17.7 Å². The van der Waals surface area contributed by atoms with Crippen molar-refractivity contribution in [2.75, 3.05) is 62.6 Å². The van der Waals surface area contributed by atoms with E-state index in [9.17, 15) is 14.4 Å². The SMILES string of the molecule is CCOc1ccc(NC(=O)CC2C(=O)NCCN2C(=O)CN2CCN(c3ccc(Cl)cc3)CC2)cc1. The summed E-state index contributed by atoms with van der Waals surface area (Å²) >= 11 is 5.99. The van der Waals surface area contributed by atoms with Crippen LogP contribution < -0.4 is 20.3 Å². The van der Waals surface area contributed by atoms with Gasteiger partial charge in [-0.1, -0.05) is 11.6 Å². The van der Waals surface area contributed by atoms with Crippen LogP contribution in [0.3, 0.4) is 0 Å². The number of hydrogen-bond acceptors (Lipinski definition) is 6. The Balaban J connectivity index is 1.30. The van der Waals surface area contributed by atoms with Gasteiger partial charge in [0.05, 0.1) is 19.6 Å². The smallest absolute Gasteiger partial charge is 0.243 e. The lowest BCUT2D eigenvalue weighted by Gasteiger charge is -2.39. The molecule has 3 amide bonds. The minimum absolute atomic E-state index is 0.102. The number of halogens is 1. The van der Waals surface area contributed by atoms with E-state index in [1.54, 1.807) is 29.2 Å². The summed E-state index contributed by atoms with van der Waals surface area (Å²) in [4.78, 5) is 44.4. The van der Waals surface area contributed by atoms with Crippen molar-refractivity contribution in [2.24, 2.45) is 0 Å². The second-order valence-electron chi connectivity index (χ2n) is 8.84. The Bertz CT molecular complexity index is 1060. The summed E-state index contributed by atoms with van der Waals surface area (Å²) in [6, 6.07) is 14.0. The maximum Gasteiger partial charge on any atom is 0.243 e. The zero-order valence-electron chi connectivity index (χ0n) is 20.4. The molecule has 2 saturated heterocycles. The molecule has 9 nitrogen and oxygen atoms in total. The lowest BCUT2D eigenvalue weighted by molar-refractivity contribution is -0.145. The highest BCUT2D eigenvalue weighted by atomic mass is 35.5. The van der Waals surface area contributed by atoms with Crippen LogP contribution in [0.15, 0.2) is 48.5 Å². The van der Waals surface area contributed by atoms with Gasteiger partial charge < -0.3 is 25.2 Å². The third-order valence-electron chi connectivity index (χ3n) is 6.40. The van der Waals surface area contributed by atoms with E-state index in [0.29, 0.717) is 36.2 Å². The number of anilines is 2. The molecule has 2 aliphatic rings. The Hall–Kier alpha value is -3.30. The van der Waals surface area contributed by atoms with Crippen LogP contribution in [0.1, 0.15) is 13.3 Å². The first-order valence-corrected chi connectivity index (χ1v) is 12.6. The number of ether oxygens (including phenoxy) is 1. The summed E-state index contributed by atoms with van der Waals surface area (Å²) in [6.45, 7) is 6.51. The zero-order chi connectivity index (χ0) is 25.5. The highest BCUT2D eigenvalue weighted by molar-refractivity contribution is 6.30. The molecule has 2 aromatic rings. The quantitative estimate of drug-likeness (QED) is 0.562. The maximum absolute atomic E-state index is 13.2. The summed E-state index contributed by atoms with van der Waals surface area (Å²) in [5.41, 5.74) is 1.72. The molecule has 0 aliphatic carbocycles. The van der Waals surface area contributed by atoms with Crippen LogP contribution in [0.5, 0.6) is 5.75 Å². The van der Waals surface area contributed by atoms with E-state index in [4.69, 9.17) is 16.3 Å². The van der Waals surface area contributed by atoms with E-state index in [-0.39, 0.29) is 30.7 Å². The number of piperazine rings is 2. The molecule has 4 rings (SSSR count). The van der Waals surface area contributed by atoms with Crippen LogP contribution in [-0.4, -0.2) is 86.0 Å². The van der Waals surface area contributed by atoms with Crippen LogP contribution in [0.2, 0.25) is 5.02 Å². The van der Waals surface area contributed by atoms with Crippen molar-refractivity contribution in [1.82, 2.24) is 15.1 Å². The normalized spacial score (nSPS) is 18.5. The topological polar surface area (TPSA) is 94.2 Å². The van der Waals surface area contributed by atoms with Crippen molar-refractivity contribution >= 4 is 40.7 Å². The van der Waals surface area contributed by atoms with Crippen LogP contribution in [0.4, 0.5) is 11.4 Å². The zero-order valence-corrected chi connectivity index (χ0v) is 21.2. The molecule has 2 fully saturated rings. The lowest BCUT2D eigenvalue weighted by atomic mass is 10.1. The van der Waals surface area contributed by atoms with E-state index < -0.39 is 6.04 Å². The fourth-order valence-corrected chi connectivity index (χ4v) is 4.63. The number of carbonyl (C=O) groups excluding carboxylic acids is 3. The molecule has 192 valence electrons. The number of rotatable bonds is 8. The average molecular weight is 514 g/mol. The molecule has 0 spiro atoms. The Labute approximate surface area is 216 Å². The van der Waals surface area contributed by atoms with E-state index >= 15 is 0 Å². The van der Waals surface area contributed by atoms with Gasteiger partial charge in [-0.25, -0.2) is 0 Å². The van der Waals surface area contributed by atoms with E-state index in [2.05, 4.69) is 20.4 Å². The van der Waals surface area contributed by atoms with Gasteiger partial charge in [-0.2, -0.15) is 0 Å². The standard InChI is InChI=1S/C26H32ClN5O4/c1-2-36-22-9-5-20(6-10-22)29-24(33)17-23-26(35)28-11-12-32(23)25(34)18-30-13-15-31(16-14-30)21-7-3-19(27)4-8-21/h3-10,23H,2,11-18H2,1H3,(H,28,35)(H,29,33). The lowest BCUT2D eigenvalue weighted by Crippen LogP contribution is -2.60. The molecule has 1 unspecified atom stereocenters. The molecular weight excluding hydrogens is 482 g/mol. The minimum Gasteiger partial charge on any atom is -0.494 e. The fraction of sp³-hybridized carbons (Fsp3) is 0.423. The second-order valence-corrected chi connectivity index (χ2v) is 9.28. The number of hydrogen-bond donors (Lipinski definition) is 2. The van der Waals surface area contributed by atoms with E-state index in [1.165, 1.54) is 0 Å². The summed E-state index contributed by atoms with van der Waals surface area (Å²) in [5, 5.41) is 6.29. The Kier molecular flexibility index (Phi) is 8.66. The Morgan fingerprint density at radius 2 is 1.72 bits per heavy atom. The van der Waals surface area contributed by atoms with Gasteiger partial charge in [0.15, 0.2) is 0 Å². The second kappa shape index (κ2) is 12.1. The van der Waals surface area contributed by atoms with Gasteiger partial charge in [0, 0.05) is 55.7 Å². The molecule has 0 saturated carbocycles. The van der Waals surface area contributed by atoms with Crippen LogP contribution in [0.25, 0.3) is 0 Å². The fourth-order valence-electron chi connectivity index (χ4n) is 4.50. The van der Waals surface area contributed by atoms with E-state index in [0.717, 1.165) is 31.9 Å².